The number of rotatable bonds is 11. The molecule has 1 aliphatic heterocycles. The van der Waals surface area contributed by atoms with Gasteiger partial charge in [0.05, 0.1) is 12.7 Å². The number of fused-ring (bicyclic) bond motifs is 1. The molecular weight excluding hydrogens is 584 g/mol. The summed E-state index contributed by atoms with van der Waals surface area (Å²) in [6.45, 7) is 3.07. The van der Waals surface area contributed by atoms with Crippen LogP contribution in [0.5, 0.6) is 5.75 Å². The molecule has 0 saturated carbocycles. The van der Waals surface area contributed by atoms with Crippen LogP contribution in [0.15, 0.2) is 59.5 Å². The fourth-order valence-corrected chi connectivity index (χ4v) is 5.76. The molecule has 0 bridgehead atoms. The average molecular weight is 615 g/mol. The Balaban J connectivity index is 1.65. The second kappa shape index (κ2) is 12.4. The lowest BCUT2D eigenvalue weighted by Gasteiger charge is -2.32. The summed E-state index contributed by atoms with van der Waals surface area (Å²) in [5, 5.41) is 14.4. The molecule has 12 nitrogen and oxygen atoms in total. The fraction of sp³-hybridized carbons (Fsp3) is 0.423. The molecule has 1 aromatic heterocycles. The van der Waals surface area contributed by atoms with Gasteiger partial charge in [0.2, 0.25) is 0 Å². The predicted octanol–water partition coefficient (Wildman–Crippen LogP) is 3.34. The fourth-order valence-electron chi connectivity index (χ4n) is 4.24. The number of nitrogen functional groups attached to an aromatic ring is 1. The van der Waals surface area contributed by atoms with Crippen LogP contribution in [0.1, 0.15) is 27.0 Å². The smallest absolute Gasteiger partial charge is 0.459 e. The molecule has 1 unspecified atom stereocenters. The van der Waals surface area contributed by atoms with Gasteiger partial charge >= 0.3 is 19.4 Å². The first-order valence-corrected chi connectivity index (χ1v) is 14.3. The Bertz CT molecular complexity index is 1540. The first-order valence-electron chi connectivity index (χ1n) is 12.8. The SMILES string of the molecule is CC(C)OC(=O)[C@H](C)NP(=O)(OC[C@@]1(C(F)F)O[C@@H](n2ccc(N)nc2=O)[C@@H](F)[C@@H]1O)Oc1ccc2ccccc2c1. The van der Waals surface area contributed by atoms with Gasteiger partial charge in [0, 0.05) is 6.20 Å². The standard InChI is InChI=1S/C26H30F3N4O8P/c1-14(2)39-23(35)15(3)32-42(37,41-18-9-8-16-6-4-5-7-17(16)12-18)38-13-26(24(28)29)21(34)20(27)22(40-26)33-11-10-19(30)31-25(33)36/h4-12,14-15,20-22,24,34H,13H2,1-3H3,(H,32,37)(H2,30,31,36)/t15-,20-,21-,22+,26+,42?/m0/s1. The molecular formula is C26H30F3N4O8P. The lowest BCUT2D eigenvalue weighted by atomic mass is 9.97. The Morgan fingerprint density at radius 2 is 1.90 bits per heavy atom. The predicted molar refractivity (Wildman–Crippen MR) is 145 cm³/mol. The number of esters is 1. The van der Waals surface area contributed by atoms with Gasteiger partial charge < -0.3 is 24.8 Å². The zero-order valence-electron chi connectivity index (χ0n) is 22.7. The van der Waals surface area contributed by atoms with E-state index in [9.17, 15) is 28.0 Å². The van der Waals surface area contributed by atoms with Crippen LogP contribution in [0.3, 0.4) is 0 Å². The van der Waals surface area contributed by atoms with E-state index in [0.29, 0.717) is 9.95 Å². The third kappa shape index (κ3) is 6.60. The highest BCUT2D eigenvalue weighted by Crippen LogP contribution is 2.50. The van der Waals surface area contributed by atoms with E-state index in [-0.39, 0.29) is 11.6 Å². The van der Waals surface area contributed by atoms with Crippen LogP contribution in [-0.4, -0.2) is 63.7 Å². The van der Waals surface area contributed by atoms with Crippen molar-refractivity contribution < 1.29 is 46.2 Å². The first kappa shape index (κ1) is 31.4. The number of halogens is 3. The maximum atomic E-state index is 15.2. The number of aromatic nitrogens is 2. The third-order valence-electron chi connectivity index (χ3n) is 6.37. The first-order chi connectivity index (χ1) is 19.7. The summed E-state index contributed by atoms with van der Waals surface area (Å²) in [6.07, 6.45) is -10.3. The molecule has 0 amide bonds. The van der Waals surface area contributed by atoms with Crippen LogP contribution in [0.25, 0.3) is 10.8 Å². The molecule has 0 spiro atoms. The summed E-state index contributed by atoms with van der Waals surface area (Å²) in [7, 11) is -4.76. The van der Waals surface area contributed by atoms with Crippen molar-refractivity contribution in [3.63, 3.8) is 0 Å². The van der Waals surface area contributed by atoms with E-state index in [1.54, 1.807) is 38.1 Å². The highest BCUT2D eigenvalue weighted by atomic mass is 31.2. The minimum atomic E-state index is -4.76. The number of nitrogens with zero attached hydrogens (tertiary/aromatic N) is 2. The molecule has 1 aliphatic rings. The number of carbonyl (C=O) groups excluding carboxylic acids is 1. The zero-order chi connectivity index (χ0) is 30.8. The number of alkyl halides is 3. The Labute approximate surface area is 238 Å². The highest BCUT2D eigenvalue weighted by molar-refractivity contribution is 7.52. The van der Waals surface area contributed by atoms with Crippen LogP contribution in [0.2, 0.25) is 0 Å². The Kier molecular flexibility index (Phi) is 9.28. The molecule has 3 aromatic rings. The number of hydrogen-bond acceptors (Lipinski definition) is 10. The van der Waals surface area contributed by atoms with Crippen molar-refractivity contribution in [2.24, 2.45) is 0 Å². The summed E-state index contributed by atoms with van der Waals surface area (Å²) in [5.74, 6) is -1.08. The van der Waals surface area contributed by atoms with Crippen molar-refractivity contribution in [2.75, 3.05) is 12.3 Å². The lowest BCUT2D eigenvalue weighted by molar-refractivity contribution is -0.192. The van der Waals surface area contributed by atoms with Crippen LogP contribution in [0, 0.1) is 0 Å². The van der Waals surface area contributed by atoms with Gasteiger partial charge in [0.1, 0.15) is 23.7 Å². The maximum Gasteiger partial charge on any atom is 0.459 e. The van der Waals surface area contributed by atoms with Crippen molar-refractivity contribution in [2.45, 2.75) is 63.4 Å². The maximum absolute atomic E-state index is 15.2. The second-order valence-corrected chi connectivity index (χ2v) is 11.6. The van der Waals surface area contributed by atoms with Crippen molar-refractivity contribution in [3.05, 3.63) is 65.2 Å². The van der Waals surface area contributed by atoms with Crippen molar-refractivity contribution in [1.29, 1.82) is 0 Å². The number of aliphatic hydroxyl groups is 1. The minimum absolute atomic E-state index is 0.0197. The van der Waals surface area contributed by atoms with Gasteiger partial charge in [-0.1, -0.05) is 30.3 Å². The Hall–Kier alpha value is -3.49. The molecule has 4 N–H and O–H groups in total. The normalized spacial score (nSPS) is 24.5. The second-order valence-electron chi connectivity index (χ2n) is 9.90. The molecule has 0 aliphatic carbocycles. The van der Waals surface area contributed by atoms with Crippen LogP contribution in [0.4, 0.5) is 19.0 Å². The summed E-state index contributed by atoms with van der Waals surface area (Å²) >= 11 is 0. The van der Waals surface area contributed by atoms with Gasteiger partial charge in [0.15, 0.2) is 18.0 Å². The van der Waals surface area contributed by atoms with Gasteiger partial charge in [-0.2, -0.15) is 10.1 Å². The van der Waals surface area contributed by atoms with Crippen LogP contribution in [-0.2, 0) is 23.4 Å². The monoisotopic (exact) mass is 614 g/mol. The van der Waals surface area contributed by atoms with E-state index in [4.69, 9.17) is 24.3 Å². The number of carbonyl (C=O) groups is 1. The Morgan fingerprint density at radius 1 is 1.21 bits per heavy atom. The number of hydrogen-bond donors (Lipinski definition) is 3. The average Bonchev–Trinajstić information content (AvgIpc) is 3.17. The molecule has 1 fully saturated rings. The molecule has 2 aromatic carbocycles. The van der Waals surface area contributed by atoms with E-state index >= 15 is 4.39 Å². The van der Waals surface area contributed by atoms with E-state index in [2.05, 4.69) is 10.1 Å². The van der Waals surface area contributed by atoms with E-state index in [1.165, 1.54) is 19.1 Å². The quantitative estimate of drug-likeness (QED) is 0.214. The highest BCUT2D eigenvalue weighted by Gasteiger charge is 2.62. The number of ether oxygens (including phenoxy) is 2. The summed E-state index contributed by atoms with van der Waals surface area (Å²) in [5.41, 5.74) is 1.20. The summed E-state index contributed by atoms with van der Waals surface area (Å²) in [4.78, 5) is 28.1. The van der Waals surface area contributed by atoms with Crippen molar-refractivity contribution in [1.82, 2.24) is 14.6 Å². The van der Waals surface area contributed by atoms with Crippen molar-refractivity contribution >= 4 is 30.3 Å². The van der Waals surface area contributed by atoms with Crippen molar-refractivity contribution in [3.8, 4) is 5.75 Å². The zero-order valence-corrected chi connectivity index (χ0v) is 23.6. The Morgan fingerprint density at radius 3 is 2.55 bits per heavy atom. The third-order valence-corrected chi connectivity index (χ3v) is 8.00. The van der Waals surface area contributed by atoms with E-state index in [1.807, 2.05) is 6.07 Å². The molecule has 0 radical (unpaired) electrons. The molecule has 6 atom stereocenters. The van der Waals surface area contributed by atoms with E-state index < -0.39 is 68.7 Å². The number of nitrogens with one attached hydrogen (secondary N) is 1. The largest absolute Gasteiger partial charge is 0.462 e. The topological polar surface area (TPSA) is 164 Å². The molecule has 2 heterocycles. The number of aliphatic hydroxyl groups excluding tert-OH is 1. The molecule has 228 valence electrons. The molecule has 42 heavy (non-hydrogen) atoms. The van der Waals surface area contributed by atoms with Crippen LogP contribution < -0.4 is 21.0 Å². The van der Waals surface area contributed by atoms with Gasteiger partial charge in [-0.05, 0) is 49.7 Å². The minimum Gasteiger partial charge on any atom is -0.462 e. The van der Waals surface area contributed by atoms with Crippen LogP contribution >= 0.6 is 7.75 Å². The van der Waals surface area contributed by atoms with Gasteiger partial charge in [-0.15, -0.1) is 0 Å². The van der Waals surface area contributed by atoms with E-state index in [0.717, 1.165) is 17.6 Å². The van der Waals surface area contributed by atoms with Gasteiger partial charge in [-0.3, -0.25) is 13.9 Å². The molecule has 4 rings (SSSR count). The molecule has 1 saturated heterocycles. The van der Waals surface area contributed by atoms with Gasteiger partial charge in [-0.25, -0.2) is 22.5 Å². The number of anilines is 1. The number of nitrogens with two attached hydrogens (primary N) is 1. The summed E-state index contributed by atoms with van der Waals surface area (Å²) in [6, 6.07) is 11.5. The molecule has 16 heteroatoms. The van der Waals surface area contributed by atoms with Gasteiger partial charge in [0.25, 0.3) is 6.43 Å². The summed E-state index contributed by atoms with van der Waals surface area (Å²) < 4.78 is 80.0. The number of benzene rings is 2. The lowest BCUT2D eigenvalue weighted by Crippen LogP contribution is -2.52.